The molecule has 2 rings (SSSR count). The first-order chi connectivity index (χ1) is 9.34. The lowest BCUT2D eigenvalue weighted by atomic mass is 10.2. The third-order valence-corrected chi connectivity index (χ3v) is 3.79. The van der Waals surface area contributed by atoms with Crippen LogP contribution in [0.3, 0.4) is 0 Å². The quantitative estimate of drug-likeness (QED) is 0.612. The van der Waals surface area contributed by atoms with Gasteiger partial charge < -0.3 is 10.5 Å². The van der Waals surface area contributed by atoms with E-state index in [0.29, 0.717) is 0 Å². The molecule has 0 bridgehead atoms. The molecular formula is C16H19NOS. The average Bonchev–Trinajstić information content (AvgIpc) is 2.44. The molecule has 2 aromatic rings. The number of nitrogen functional groups attached to an aromatic ring is 1. The van der Waals surface area contributed by atoms with Crippen molar-refractivity contribution < 1.29 is 4.74 Å². The maximum absolute atomic E-state index is 5.69. The van der Waals surface area contributed by atoms with Crippen molar-refractivity contribution in [3.8, 4) is 5.75 Å². The fraction of sp³-hybridized carbons (Fsp3) is 0.250. The number of nitrogens with two attached hydrogens (primary N) is 1. The van der Waals surface area contributed by atoms with Gasteiger partial charge in [0.15, 0.2) is 0 Å². The minimum atomic E-state index is 0.741. The van der Waals surface area contributed by atoms with Gasteiger partial charge in [-0.1, -0.05) is 36.4 Å². The fourth-order valence-electron chi connectivity index (χ4n) is 1.72. The van der Waals surface area contributed by atoms with E-state index in [1.165, 1.54) is 5.56 Å². The van der Waals surface area contributed by atoms with Gasteiger partial charge >= 0.3 is 0 Å². The summed E-state index contributed by atoms with van der Waals surface area (Å²) in [4.78, 5) is 0. The Bertz CT molecular complexity index is 487. The maximum Gasteiger partial charge on any atom is 0.121 e. The van der Waals surface area contributed by atoms with Crippen molar-refractivity contribution in [3.05, 3.63) is 60.2 Å². The molecule has 0 aliphatic heterocycles. The first-order valence-corrected chi connectivity index (χ1v) is 7.60. The number of rotatable bonds is 7. The second-order valence-corrected chi connectivity index (χ2v) is 5.42. The average molecular weight is 273 g/mol. The van der Waals surface area contributed by atoms with Crippen molar-refractivity contribution in [2.24, 2.45) is 0 Å². The normalized spacial score (nSPS) is 10.3. The van der Waals surface area contributed by atoms with Crippen molar-refractivity contribution in [2.75, 3.05) is 18.1 Å². The Labute approximate surface area is 119 Å². The summed E-state index contributed by atoms with van der Waals surface area (Å²) in [6.07, 6.45) is 1.05. The topological polar surface area (TPSA) is 35.2 Å². The zero-order chi connectivity index (χ0) is 13.3. The van der Waals surface area contributed by atoms with Gasteiger partial charge in [0.25, 0.3) is 0 Å². The second-order valence-electron chi connectivity index (χ2n) is 4.31. The number of anilines is 1. The molecule has 2 N–H and O–H groups in total. The monoisotopic (exact) mass is 273 g/mol. The Morgan fingerprint density at radius 1 is 1.00 bits per heavy atom. The van der Waals surface area contributed by atoms with Crippen LogP contribution in [0.25, 0.3) is 0 Å². The highest BCUT2D eigenvalue weighted by Gasteiger charge is 1.96. The predicted octanol–water partition coefficient (Wildman–Crippen LogP) is 3.97. The lowest BCUT2D eigenvalue weighted by Gasteiger charge is -2.06. The van der Waals surface area contributed by atoms with E-state index in [4.69, 9.17) is 10.5 Å². The highest BCUT2D eigenvalue weighted by Crippen LogP contribution is 2.16. The summed E-state index contributed by atoms with van der Waals surface area (Å²) in [7, 11) is 0. The van der Waals surface area contributed by atoms with Crippen molar-refractivity contribution >= 4 is 17.4 Å². The molecule has 0 unspecified atom stereocenters. The highest BCUT2D eigenvalue weighted by molar-refractivity contribution is 7.98. The lowest BCUT2D eigenvalue weighted by molar-refractivity contribution is 0.319. The molecule has 0 aromatic heterocycles. The summed E-state index contributed by atoms with van der Waals surface area (Å²) < 4.78 is 5.65. The molecule has 0 aliphatic carbocycles. The molecule has 0 radical (unpaired) electrons. The van der Waals surface area contributed by atoms with E-state index in [9.17, 15) is 0 Å². The Balaban J connectivity index is 1.58. The van der Waals surface area contributed by atoms with Gasteiger partial charge in [-0.25, -0.2) is 0 Å². The van der Waals surface area contributed by atoms with Crippen LogP contribution in [0.1, 0.15) is 12.0 Å². The molecular weight excluding hydrogens is 254 g/mol. The lowest BCUT2D eigenvalue weighted by Crippen LogP contribution is -1.99. The summed E-state index contributed by atoms with van der Waals surface area (Å²) in [6.45, 7) is 0.741. The number of hydrogen-bond acceptors (Lipinski definition) is 3. The van der Waals surface area contributed by atoms with Crippen LogP contribution in [-0.2, 0) is 5.75 Å². The van der Waals surface area contributed by atoms with E-state index in [0.717, 1.165) is 36.0 Å². The molecule has 3 heteroatoms. The Hall–Kier alpha value is -1.61. The van der Waals surface area contributed by atoms with Crippen molar-refractivity contribution in [1.29, 1.82) is 0 Å². The van der Waals surface area contributed by atoms with Crippen LogP contribution in [0.15, 0.2) is 54.6 Å². The predicted molar refractivity (Wildman–Crippen MR) is 83.6 cm³/mol. The van der Waals surface area contributed by atoms with Crippen LogP contribution in [0.5, 0.6) is 5.75 Å². The van der Waals surface area contributed by atoms with E-state index < -0.39 is 0 Å². The van der Waals surface area contributed by atoms with Gasteiger partial charge in [0, 0.05) is 17.5 Å². The smallest absolute Gasteiger partial charge is 0.121 e. The van der Waals surface area contributed by atoms with Crippen molar-refractivity contribution in [3.63, 3.8) is 0 Å². The SMILES string of the molecule is Nc1cccc(OCCCSCc2ccccc2)c1. The second kappa shape index (κ2) is 7.74. The summed E-state index contributed by atoms with van der Waals surface area (Å²) >= 11 is 1.94. The molecule has 2 nitrogen and oxygen atoms in total. The van der Waals surface area contributed by atoms with E-state index in [-0.39, 0.29) is 0 Å². The van der Waals surface area contributed by atoms with E-state index >= 15 is 0 Å². The molecule has 0 spiro atoms. The van der Waals surface area contributed by atoms with Crippen LogP contribution in [0.4, 0.5) is 5.69 Å². The molecule has 100 valence electrons. The van der Waals surface area contributed by atoms with Gasteiger partial charge in [-0.2, -0.15) is 11.8 Å². The molecule has 0 saturated heterocycles. The van der Waals surface area contributed by atoms with Crippen molar-refractivity contribution in [2.45, 2.75) is 12.2 Å². The molecule has 0 aliphatic rings. The summed E-state index contributed by atoms with van der Waals surface area (Å²) in [5.41, 5.74) is 7.82. The summed E-state index contributed by atoms with van der Waals surface area (Å²) in [5, 5.41) is 0. The van der Waals surface area contributed by atoms with E-state index in [2.05, 4.69) is 24.3 Å². The molecule has 0 saturated carbocycles. The van der Waals surface area contributed by atoms with Crippen LogP contribution in [0.2, 0.25) is 0 Å². The van der Waals surface area contributed by atoms with Crippen LogP contribution < -0.4 is 10.5 Å². The molecule has 0 atom stereocenters. The molecule has 0 amide bonds. The fourth-order valence-corrected chi connectivity index (χ4v) is 2.61. The van der Waals surface area contributed by atoms with E-state index in [1.54, 1.807) is 0 Å². The number of hydrogen-bond donors (Lipinski definition) is 1. The van der Waals surface area contributed by atoms with Crippen LogP contribution >= 0.6 is 11.8 Å². The van der Waals surface area contributed by atoms with Gasteiger partial charge in [0.05, 0.1) is 6.61 Å². The van der Waals surface area contributed by atoms with E-state index in [1.807, 2.05) is 42.1 Å². The van der Waals surface area contributed by atoms with Crippen LogP contribution in [0, 0.1) is 0 Å². The Morgan fingerprint density at radius 2 is 1.84 bits per heavy atom. The Morgan fingerprint density at radius 3 is 2.63 bits per heavy atom. The molecule has 0 heterocycles. The first kappa shape index (κ1) is 13.8. The largest absolute Gasteiger partial charge is 0.493 e. The third-order valence-electron chi connectivity index (χ3n) is 2.67. The summed E-state index contributed by atoms with van der Waals surface area (Å²) in [6, 6.07) is 18.1. The molecule has 0 fully saturated rings. The van der Waals surface area contributed by atoms with Gasteiger partial charge in [-0.05, 0) is 29.9 Å². The van der Waals surface area contributed by atoms with Gasteiger partial charge in [0.1, 0.15) is 5.75 Å². The number of ether oxygens (including phenoxy) is 1. The van der Waals surface area contributed by atoms with Gasteiger partial charge in [-0.3, -0.25) is 0 Å². The molecule has 2 aromatic carbocycles. The minimum absolute atomic E-state index is 0.741. The van der Waals surface area contributed by atoms with Crippen LogP contribution in [-0.4, -0.2) is 12.4 Å². The zero-order valence-corrected chi connectivity index (χ0v) is 11.7. The van der Waals surface area contributed by atoms with Gasteiger partial charge in [0.2, 0.25) is 0 Å². The Kier molecular flexibility index (Phi) is 5.63. The highest BCUT2D eigenvalue weighted by atomic mass is 32.2. The van der Waals surface area contributed by atoms with Crippen molar-refractivity contribution in [1.82, 2.24) is 0 Å². The number of benzene rings is 2. The zero-order valence-electron chi connectivity index (χ0n) is 10.9. The molecule has 19 heavy (non-hydrogen) atoms. The summed E-state index contributed by atoms with van der Waals surface area (Å²) in [5.74, 6) is 3.03. The number of thioether (sulfide) groups is 1. The third kappa shape index (κ3) is 5.26. The minimum Gasteiger partial charge on any atom is -0.493 e. The standard InChI is InChI=1S/C16H19NOS/c17-15-8-4-9-16(12-15)18-10-5-11-19-13-14-6-2-1-3-7-14/h1-4,6-9,12H,5,10-11,13,17H2. The first-order valence-electron chi connectivity index (χ1n) is 6.44. The van der Waals surface area contributed by atoms with Gasteiger partial charge in [-0.15, -0.1) is 0 Å². The maximum atomic E-state index is 5.69.